The van der Waals surface area contributed by atoms with Gasteiger partial charge in [-0.3, -0.25) is 9.36 Å². The SMILES string of the molecule is CCc1sc2nc(SCCOc3ccccc3Cl)n(-c3cccc(OC)c3)c(=O)c2c1C. The van der Waals surface area contributed by atoms with Crippen LogP contribution in [0.3, 0.4) is 0 Å². The highest BCUT2D eigenvalue weighted by Crippen LogP contribution is 2.31. The summed E-state index contributed by atoms with van der Waals surface area (Å²) in [5.41, 5.74) is 1.67. The molecule has 0 spiro atoms. The lowest BCUT2D eigenvalue weighted by Crippen LogP contribution is -2.22. The second-order valence-electron chi connectivity index (χ2n) is 7.05. The van der Waals surface area contributed by atoms with Gasteiger partial charge in [-0.2, -0.15) is 0 Å². The number of thioether (sulfide) groups is 1. The lowest BCUT2D eigenvalue weighted by molar-refractivity contribution is 0.344. The lowest BCUT2D eigenvalue weighted by atomic mass is 10.2. The molecule has 4 rings (SSSR count). The van der Waals surface area contributed by atoms with Gasteiger partial charge < -0.3 is 9.47 Å². The van der Waals surface area contributed by atoms with Crippen molar-refractivity contribution in [3.63, 3.8) is 0 Å². The first-order valence-corrected chi connectivity index (χ1v) is 12.4. The van der Waals surface area contributed by atoms with E-state index in [0.29, 0.717) is 39.4 Å². The molecule has 8 heteroatoms. The van der Waals surface area contributed by atoms with E-state index in [1.54, 1.807) is 29.1 Å². The van der Waals surface area contributed by atoms with Gasteiger partial charge in [0.05, 0.1) is 29.8 Å². The molecule has 2 aromatic heterocycles. The van der Waals surface area contributed by atoms with Gasteiger partial charge in [0.15, 0.2) is 5.16 Å². The highest BCUT2D eigenvalue weighted by Gasteiger charge is 2.19. The molecule has 4 aromatic rings. The normalized spacial score (nSPS) is 11.1. The van der Waals surface area contributed by atoms with Crippen molar-refractivity contribution in [3.05, 3.63) is 74.3 Å². The van der Waals surface area contributed by atoms with E-state index < -0.39 is 0 Å². The van der Waals surface area contributed by atoms with Crippen LogP contribution >= 0.6 is 34.7 Å². The molecule has 0 saturated heterocycles. The quantitative estimate of drug-likeness (QED) is 0.170. The van der Waals surface area contributed by atoms with Gasteiger partial charge in [0.2, 0.25) is 0 Å². The van der Waals surface area contributed by atoms with Gasteiger partial charge in [-0.15, -0.1) is 11.3 Å². The molecule has 0 radical (unpaired) electrons. The number of methoxy groups -OCH3 is 1. The third-order valence-corrected chi connectivity index (χ3v) is 7.62. The van der Waals surface area contributed by atoms with Gasteiger partial charge in [-0.25, -0.2) is 4.98 Å². The van der Waals surface area contributed by atoms with Crippen molar-refractivity contribution >= 4 is 44.9 Å². The summed E-state index contributed by atoms with van der Waals surface area (Å²) in [6.45, 7) is 4.53. The molecule has 0 fully saturated rings. The summed E-state index contributed by atoms with van der Waals surface area (Å²) < 4.78 is 12.9. The Morgan fingerprint density at radius 2 is 2.00 bits per heavy atom. The molecule has 2 aromatic carbocycles. The molecule has 0 aliphatic rings. The van der Waals surface area contributed by atoms with Gasteiger partial charge in [0.25, 0.3) is 5.56 Å². The van der Waals surface area contributed by atoms with Crippen LogP contribution in [0.1, 0.15) is 17.4 Å². The van der Waals surface area contributed by atoms with Crippen LogP contribution in [0.25, 0.3) is 15.9 Å². The minimum absolute atomic E-state index is 0.0637. The number of nitrogens with zero attached hydrogens (tertiary/aromatic N) is 2. The number of benzene rings is 2. The molecule has 0 amide bonds. The molecule has 32 heavy (non-hydrogen) atoms. The number of halogens is 1. The maximum atomic E-state index is 13.6. The molecule has 0 aliphatic heterocycles. The maximum absolute atomic E-state index is 13.6. The van der Waals surface area contributed by atoms with Crippen LogP contribution in [-0.4, -0.2) is 29.0 Å². The Hall–Kier alpha value is -2.48. The molecule has 166 valence electrons. The molecule has 5 nitrogen and oxygen atoms in total. The minimum atomic E-state index is -0.0637. The van der Waals surface area contributed by atoms with Crippen LogP contribution in [-0.2, 0) is 6.42 Å². The number of rotatable bonds is 8. The van der Waals surface area contributed by atoms with E-state index in [-0.39, 0.29) is 5.56 Å². The predicted molar refractivity (Wildman–Crippen MR) is 134 cm³/mol. The van der Waals surface area contributed by atoms with Crippen LogP contribution < -0.4 is 15.0 Å². The number of thiophene rings is 1. The Morgan fingerprint density at radius 3 is 2.75 bits per heavy atom. The fraction of sp³-hybridized carbons (Fsp3) is 0.250. The molecular formula is C24H23ClN2O3S2. The number of fused-ring (bicyclic) bond motifs is 1. The summed E-state index contributed by atoms with van der Waals surface area (Å²) in [6.07, 6.45) is 0.875. The number of aromatic nitrogens is 2. The number of ether oxygens (including phenoxy) is 2. The van der Waals surface area contributed by atoms with Gasteiger partial charge in [0.1, 0.15) is 16.3 Å². The highest BCUT2D eigenvalue weighted by molar-refractivity contribution is 7.99. The third-order valence-electron chi connectivity index (χ3n) is 5.07. The minimum Gasteiger partial charge on any atom is -0.497 e. The average Bonchev–Trinajstić information content (AvgIpc) is 3.13. The molecule has 0 saturated carbocycles. The van der Waals surface area contributed by atoms with Crippen molar-refractivity contribution in [1.82, 2.24) is 9.55 Å². The van der Waals surface area contributed by atoms with E-state index in [4.69, 9.17) is 26.1 Å². The summed E-state index contributed by atoms with van der Waals surface area (Å²) in [5.74, 6) is 1.94. The summed E-state index contributed by atoms with van der Waals surface area (Å²) in [6, 6.07) is 14.9. The van der Waals surface area contributed by atoms with E-state index in [9.17, 15) is 4.79 Å². The zero-order chi connectivity index (χ0) is 22.7. The van der Waals surface area contributed by atoms with Crippen molar-refractivity contribution in [2.24, 2.45) is 0 Å². The van der Waals surface area contributed by atoms with Crippen LogP contribution in [0.4, 0.5) is 0 Å². The van der Waals surface area contributed by atoms with E-state index in [2.05, 4.69) is 6.92 Å². The number of hydrogen-bond donors (Lipinski definition) is 0. The molecule has 0 N–H and O–H groups in total. The Morgan fingerprint density at radius 1 is 1.19 bits per heavy atom. The summed E-state index contributed by atoms with van der Waals surface area (Å²) in [5, 5.41) is 1.89. The molecule has 0 aliphatic carbocycles. The zero-order valence-corrected chi connectivity index (χ0v) is 20.4. The first kappa shape index (κ1) is 22.7. The lowest BCUT2D eigenvalue weighted by Gasteiger charge is -2.13. The first-order chi connectivity index (χ1) is 15.5. The van der Waals surface area contributed by atoms with Crippen LogP contribution in [0.2, 0.25) is 5.02 Å². The standard InChI is InChI=1S/C24H23ClN2O3S2/c1-4-20-15(2)21-22(32-20)26-24(31-13-12-30-19-11-6-5-10-18(19)25)27(23(21)28)16-8-7-9-17(14-16)29-3/h5-11,14H,4,12-13H2,1-3H3. The second kappa shape index (κ2) is 9.98. The summed E-state index contributed by atoms with van der Waals surface area (Å²) in [4.78, 5) is 20.5. The van der Waals surface area contributed by atoms with Crippen molar-refractivity contribution in [2.75, 3.05) is 19.5 Å². The number of para-hydroxylation sites is 1. The van der Waals surface area contributed by atoms with E-state index in [1.165, 1.54) is 16.6 Å². The molecule has 0 bridgehead atoms. The van der Waals surface area contributed by atoms with Crippen molar-refractivity contribution < 1.29 is 9.47 Å². The van der Waals surface area contributed by atoms with E-state index >= 15 is 0 Å². The molecule has 0 atom stereocenters. The topological polar surface area (TPSA) is 53.4 Å². The Labute approximate surface area is 200 Å². The summed E-state index contributed by atoms with van der Waals surface area (Å²) >= 11 is 9.24. The Balaban J connectivity index is 1.71. The van der Waals surface area contributed by atoms with Gasteiger partial charge in [0, 0.05) is 16.7 Å². The highest BCUT2D eigenvalue weighted by atomic mass is 35.5. The first-order valence-electron chi connectivity index (χ1n) is 10.2. The van der Waals surface area contributed by atoms with Crippen LogP contribution in [0, 0.1) is 6.92 Å². The smallest absolute Gasteiger partial charge is 0.267 e. The van der Waals surface area contributed by atoms with Gasteiger partial charge in [-0.05, 0) is 43.2 Å². The van der Waals surface area contributed by atoms with Crippen molar-refractivity contribution in [1.29, 1.82) is 0 Å². The molecule has 0 unspecified atom stereocenters. The maximum Gasteiger partial charge on any atom is 0.267 e. The fourth-order valence-electron chi connectivity index (χ4n) is 3.47. The second-order valence-corrected chi connectivity index (χ2v) is 9.60. The monoisotopic (exact) mass is 486 g/mol. The number of hydrogen-bond acceptors (Lipinski definition) is 6. The fourth-order valence-corrected chi connectivity index (χ4v) is 5.65. The predicted octanol–water partition coefficient (Wildman–Crippen LogP) is 6.15. The number of aryl methyl sites for hydroxylation is 2. The molecular weight excluding hydrogens is 464 g/mol. The third kappa shape index (κ3) is 4.51. The van der Waals surface area contributed by atoms with Crippen LogP contribution in [0.15, 0.2) is 58.5 Å². The van der Waals surface area contributed by atoms with Gasteiger partial charge >= 0.3 is 0 Å². The largest absolute Gasteiger partial charge is 0.497 e. The van der Waals surface area contributed by atoms with Gasteiger partial charge in [-0.1, -0.05) is 48.5 Å². The average molecular weight is 487 g/mol. The van der Waals surface area contributed by atoms with Crippen molar-refractivity contribution in [3.8, 4) is 17.2 Å². The van der Waals surface area contributed by atoms with E-state index in [1.807, 2.05) is 49.4 Å². The van der Waals surface area contributed by atoms with Crippen molar-refractivity contribution in [2.45, 2.75) is 25.4 Å². The Kier molecular flexibility index (Phi) is 7.08. The summed E-state index contributed by atoms with van der Waals surface area (Å²) in [7, 11) is 1.61. The Bertz CT molecular complexity index is 1320. The van der Waals surface area contributed by atoms with Crippen LogP contribution in [0.5, 0.6) is 11.5 Å². The zero-order valence-electron chi connectivity index (χ0n) is 18.1. The van der Waals surface area contributed by atoms with E-state index in [0.717, 1.165) is 22.5 Å². The molecule has 2 heterocycles.